The Labute approximate surface area is 117 Å². The number of rotatable bonds is 5. The number of hydrogen-bond acceptors (Lipinski definition) is 3. The van der Waals surface area contributed by atoms with E-state index in [1.807, 2.05) is 19.1 Å². The lowest BCUT2D eigenvalue weighted by Crippen LogP contribution is -2.26. The van der Waals surface area contributed by atoms with Crippen LogP contribution in [0.25, 0.3) is 0 Å². The molecule has 20 heavy (non-hydrogen) atoms. The number of amides is 1. The zero-order valence-electron chi connectivity index (χ0n) is 11.5. The molecule has 0 bridgehead atoms. The predicted molar refractivity (Wildman–Crippen MR) is 74.7 cm³/mol. The number of nitrogens with one attached hydrogen (secondary N) is 1. The van der Waals surface area contributed by atoms with Gasteiger partial charge >= 0.3 is 5.97 Å². The lowest BCUT2D eigenvalue weighted by atomic mass is 9.98. The number of hydrogen-bond donors (Lipinski definition) is 2. The van der Waals surface area contributed by atoms with Crippen molar-refractivity contribution in [1.29, 1.82) is 0 Å². The molecule has 0 saturated carbocycles. The quantitative estimate of drug-likeness (QED) is 0.866. The fourth-order valence-corrected chi connectivity index (χ4v) is 2.28. The molecule has 1 aliphatic heterocycles. The molecule has 1 heterocycles. The Morgan fingerprint density at radius 3 is 2.65 bits per heavy atom. The van der Waals surface area contributed by atoms with Gasteiger partial charge in [0.15, 0.2) is 0 Å². The van der Waals surface area contributed by atoms with Crippen LogP contribution in [0.4, 0.5) is 5.69 Å². The van der Waals surface area contributed by atoms with Crippen LogP contribution in [0.5, 0.6) is 0 Å². The predicted octanol–water partition coefficient (Wildman–Crippen LogP) is 2.38. The molecule has 0 radical (unpaired) electrons. The number of carbonyl (C=O) groups excluding carboxylic acids is 1. The number of aliphatic carboxylic acids is 1. The van der Waals surface area contributed by atoms with E-state index in [0.29, 0.717) is 12.3 Å². The SMILES string of the molecule is CC(CC(=O)O)c1ccc(NC(=O)[C@H]2CCCO2)cc1. The maximum Gasteiger partial charge on any atom is 0.303 e. The van der Waals surface area contributed by atoms with E-state index in [0.717, 1.165) is 18.4 Å². The van der Waals surface area contributed by atoms with Crippen molar-refractivity contribution in [1.82, 2.24) is 0 Å². The highest BCUT2D eigenvalue weighted by Crippen LogP contribution is 2.21. The molecule has 1 unspecified atom stereocenters. The molecular formula is C15H19NO4. The van der Waals surface area contributed by atoms with E-state index in [2.05, 4.69) is 5.32 Å². The zero-order chi connectivity index (χ0) is 14.5. The summed E-state index contributed by atoms with van der Waals surface area (Å²) in [5.74, 6) is -0.975. The molecule has 108 valence electrons. The number of carboxylic acid groups (broad SMARTS) is 1. The van der Waals surface area contributed by atoms with Gasteiger partial charge in [0.05, 0.1) is 6.42 Å². The van der Waals surface area contributed by atoms with Gasteiger partial charge in [-0.25, -0.2) is 0 Å². The van der Waals surface area contributed by atoms with Crippen LogP contribution >= 0.6 is 0 Å². The molecule has 0 spiro atoms. The van der Waals surface area contributed by atoms with Crippen LogP contribution < -0.4 is 5.32 Å². The van der Waals surface area contributed by atoms with Gasteiger partial charge in [-0.05, 0) is 36.5 Å². The third-order valence-corrected chi connectivity index (χ3v) is 3.45. The average molecular weight is 277 g/mol. The van der Waals surface area contributed by atoms with E-state index < -0.39 is 5.97 Å². The summed E-state index contributed by atoms with van der Waals surface area (Å²) < 4.78 is 5.32. The largest absolute Gasteiger partial charge is 0.481 e. The van der Waals surface area contributed by atoms with Crippen LogP contribution in [-0.2, 0) is 14.3 Å². The second-order valence-electron chi connectivity index (χ2n) is 5.11. The molecule has 5 nitrogen and oxygen atoms in total. The van der Waals surface area contributed by atoms with Crippen molar-refractivity contribution in [3.63, 3.8) is 0 Å². The van der Waals surface area contributed by atoms with Crippen LogP contribution in [0.2, 0.25) is 0 Å². The average Bonchev–Trinajstić information content (AvgIpc) is 2.92. The van der Waals surface area contributed by atoms with Gasteiger partial charge in [-0.15, -0.1) is 0 Å². The Morgan fingerprint density at radius 1 is 1.40 bits per heavy atom. The molecule has 1 saturated heterocycles. The Bertz CT molecular complexity index is 477. The first-order chi connectivity index (χ1) is 9.56. The van der Waals surface area contributed by atoms with Gasteiger partial charge in [-0.2, -0.15) is 0 Å². The normalized spacial score (nSPS) is 19.6. The Kier molecular flexibility index (Phi) is 4.74. The Balaban J connectivity index is 1.94. The highest BCUT2D eigenvalue weighted by molar-refractivity contribution is 5.94. The van der Waals surface area contributed by atoms with Crippen molar-refractivity contribution in [3.8, 4) is 0 Å². The third-order valence-electron chi connectivity index (χ3n) is 3.45. The number of carboxylic acids is 1. The van der Waals surface area contributed by atoms with Gasteiger partial charge in [-0.3, -0.25) is 9.59 Å². The molecule has 1 aromatic rings. The monoisotopic (exact) mass is 277 g/mol. The number of carbonyl (C=O) groups is 2. The van der Waals surface area contributed by atoms with E-state index in [1.54, 1.807) is 12.1 Å². The molecule has 1 aromatic carbocycles. The van der Waals surface area contributed by atoms with Crippen molar-refractivity contribution in [3.05, 3.63) is 29.8 Å². The first-order valence-corrected chi connectivity index (χ1v) is 6.80. The van der Waals surface area contributed by atoms with Crippen LogP contribution in [0.1, 0.15) is 37.7 Å². The molecule has 0 aromatic heterocycles. The second-order valence-corrected chi connectivity index (χ2v) is 5.11. The third kappa shape index (κ3) is 3.81. The summed E-state index contributed by atoms with van der Waals surface area (Å²) in [6.45, 7) is 2.51. The van der Waals surface area contributed by atoms with Gasteiger partial charge < -0.3 is 15.2 Å². The fraction of sp³-hybridized carbons (Fsp3) is 0.467. The molecule has 1 amide bonds. The topological polar surface area (TPSA) is 75.6 Å². The molecular weight excluding hydrogens is 258 g/mol. The highest BCUT2D eigenvalue weighted by atomic mass is 16.5. The van der Waals surface area contributed by atoms with Crippen molar-refractivity contribution in [2.24, 2.45) is 0 Å². The maximum atomic E-state index is 11.9. The number of anilines is 1. The summed E-state index contributed by atoms with van der Waals surface area (Å²) in [5.41, 5.74) is 1.65. The minimum atomic E-state index is -0.812. The fourth-order valence-electron chi connectivity index (χ4n) is 2.28. The summed E-state index contributed by atoms with van der Waals surface area (Å²) in [4.78, 5) is 22.5. The van der Waals surface area contributed by atoms with Gasteiger partial charge in [0.1, 0.15) is 6.10 Å². The van der Waals surface area contributed by atoms with Crippen LogP contribution in [-0.4, -0.2) is 29.7 Å². The van der Waals surface area contributed by atoms with Gasteiger partial charge in [0, 0.05) is 12.3 Å². The van der Waals surface area contributed by atoms with Crippen LogP contribution in [0.3, 0.4) is 0 Å². The van der Waals surface area contributed by atoms with E-state index in [9.17, 15) is 9.59 Å². The summed E-state index contributed by atoms with van der Waals surface area (Å²) in [6.07, 6.45) is 1.44. The second kappa shape index (κ2) is 6.52. The van der Waals surface area contributed by atoms with Crippen molar-refractivity contribution >= 4 is 17.6 Å². The Hall–Kier alpha value is -1.88. The Morgan fingerprint density at radius 2 is 2.10 bits per heavy atom. The molecule has 2 N–H and O–H groups in total. The highest BCUT2D eigenvalue weighted by Gasteiger charge is 2.23. The van der Waals surface area contributed by atoms with Crippen molar-refractivity contribution < 1.29 is 19.4 Å². The molecule has 1 fully saturated rings. The van der Waals surface area contributed by atoms with E-state index >= 15 is 0 Å². The van der Waals surface area contributed by atoms with Crippen LogP contribution in [0.15, 0.2) is 24.3 Å². The molecule has 2 atom stereocenters. The van der Waals surface area contributed by atoms with Gasteiger partial charge in [0.25, 0.3) is 5.91 Å². The van der Waals surface area contributed by atoms with Gasteiger partial charge in [-0.1, -0.05) is 19.1 Å². The molecule has 5 heteroatoms. The minimum absolute atomic E-state index is 0.0459. The summed E-state index contributed by atoms with van der Waals surface area (Å²) in [7, 11) is 0. The van der Waals surface area contributed by atoms with Crippen molar-refractivity contribution in [2.45, 2.75) is 38.2 Å². The lowest BCUT2D eigenvalue weighted by Gasteiger charge is -2.12. The first kappa shape index (κ1) is 14.5. The van der Waals surface area contributed by atoms with Crippen LogP contribution in [0, 0.1) is 0 Å². The smallest absolute Gasteiger partial charge is 0.303 e. The van der Waals surface area contributed by atoms with Crippen molar-refractivity contribution in [2.75, 3.05) is 11.9 Å². The van der Waals surface area contributed by atoms with E-state index in [1.165, 1.54) is 0 Å². The summed E-state index contributed by atoms with van der Waals surface area (Å²) >= 11 is 0. The maximum absolute atomic E-state index is 11.9. The zero-order valence-corrected chi connectivity index (χ0v) is 11.5. The summed E-state index contributed by atoms with van der Waals surface area (Å²) in [5, 5.41) is 11.6. The molecule has 2 rings (SSSR count). The minimum Gasteiger partial charge on any atom is -0.481 e. The molecule has 1 aliphatic rings. The standard InChI is InChI=1S/C15H19NO4/c1-10(9-14(17)18)11-4-6-12(7-5-11)16-15(19)13-3-2-8-20-13/h4-7,10,13H,2-3,8-9H2,1H3,(H,16,19)(H,17,18)/t10?,13-/m1/s1. The van der Waals surface area contributed by atoms with E-state index in [4.69, 9.17) is 9.84 Å². The number of benzene rings is 1. The first-order valence-electron chi connectivity index (χ1n) is 6.80. The summed E-state index contributed by atoms with van der Waals surface area (Å²) in [6, 6.07) is 7.28. The molecule has 0 aliphatic carbocycles. The van der Waals surface area contributed by atoms with Gasteiger partial charge in [0.2, 0.25) is 0 Å². The lowest BCUT2D eigenvalue weighted by molar-refractivity contribution is -0.137. The number of ether oxygens (including phenoxy) is 1. The van der Waals surface area contributed by atoms with E-state index in [-0.39, 0.29) is 24.3 Å².